The third-order valence-electron chi connectivity index (χ3n) is 6.88. The SMILES string of the molecule is CNC(=O)C(Cc1ccccc1)N(Cc1ccc(Cl)cc1Cl)C(=O)CN(c1ccc(F)cc1)S(=O)(=O)c1ccc(C)cc1. The third kappa shape index (κ3) is 7.93. The van der Waals surface area contributed by atoms with Crippen molar-refractivity contribution in [2.75, 3.05) is 17.9 Å². The highest BCUT2D eigenvalue weighted by atomic mass is 35.5. The number of sulfonamides is 1. The maximum atomic E-state index is 14.3. The molecule has 0 aliphatic heterocycles. The molecule has 4 aromatic rings. The first kappa shape index (κ1) is 32.0. The number of carbonyl (C=O) groups excluding carboxylic acids is 2. The fourth-order valence-corrected chi connectivity index (χ4v) is 6.41. The zero-order chi connectivity index (χ0) is 31.1. The largest absolute Gasteiger partial charge is 0.357 e. The van der Waals surface area contributed by atoms with Crippen molar-refractivity contribution in [2.45, 2.75) is 30.8 Å². The summed E-state index contributed by atoms with van der Waals surface area (Å²) in [7, 11) is -2.83. The number of hydrogen-bond acceptors (Lipinski definition) is 4. The minimum absolute atomic E-state index is 0.0466. The Kier molecular flexibility index (Phi) is 10.4. The van der Waals surface area contributed by atoms with Crippen LogP contribution in [-0.4, -0.2) is 44.8 Å². The Morgan fingerprint density at radius 1 is 0.907 bits per heavy atom. The molecule has 1 atom stereocenters. The van der Waals surface area contributed by atoms with Gasteiger partial charge in [-0.1, -0.05) is 77.3 Å². The molecule has 0 bridgehead atoms. The van der Waals surface area contributed by atoms with E-state index in [1.807, 2.05) is 37.3 Å². The van der Waals surface area contributed by atoms with Crippen LogP contribution < -0.4 is 9.62 Å². The minimum atomic E-state index is -4.29. The number of carbonyl (C=O) groups is 2. The Morgan fingerprint density at radius 2 is 1.56 bits per heavy atom. The number of anilines is 1. The number of hydrogen-bond donors (Lipinski definition) is 1. The van der Waals surface area contributed by atoms with Gasteiger partial charge in [0.15, 0.2) is 0 Å². The Morgan fingerprint density at radius 3 is 2.16 bits per heavy atom. The highest BCUT2D eigenvalue weighted by molar-refractivity contribution is 7.92. The van der Waals surface area contributed by atoms with E-state index in [-0.39, 0.29) is 28.6 Å². The molecule has 0 heterocycles. The number of halogens is 3. The van der Waals surface area contributed by atoms with E-state index in [1.165, 1.54) is 42.3 Å². The number of rotatable bonds is 11. The Bertz CT molecular complexity index is 1690. The molecule has 0 aliphatic carbocycles. The van der Waals surface area contributed by atoms with Crippen molar-refractivity contribution in [3.05, 3.63) is 130 Å². The summed E-state index contributed by atoms with van der Waals surface area (Å²) in [4.78, 5) is 28.8. The molecule has 4 rings (SSSR count). The molecule has 1 unspecified atom stereocenters. The van der Waals surface area contributed by atoms with Gasteiger partial charge in [0.25, 0.3) is 10.0 Å². The highest BCUT2D eigenvalue weighted by Gasteiger charge is 2.34. The Balaban J connectivity index is 1.80. The second-order valence-electron chi connectivity index (χ2n) is 9.88. The number of nitrogens with one attached hydrogen (secondary N) is 1. The molecule has 0 fully saturated rings. The summed E-state index contributed by atoms with van der Waals surface area (Å²) >= 11 is 12.6. The summed E-state index contributed by atoms with van der Waals surface area (Å²) in [6, 6.07) is 23.9. The summed E-state index contributed by atoms with van der Waals surface area (Å²) in [5, 5.41) is 3.30. The third-order valence-corrected chi connectivity index (χ3v) is 9.25. The van der Waals surface area contributed by atoms with Gasteiger partial charge in [-0.2, -0.15) is 0 Å². The Hall–Kier alpha value is -3.92. The normalized spacial score (nSPS) is 11.9. The molecule has 4 aromatic carbocycles. The van der Waals surface area contributed by atoms with E-state index in [1.54, 1.807) is 24.3 Å². The van der Waals surface area contributed by atoms with Gasteiger partial charge in [-0.15, -0.1) is 0 Å². The molecule has 0 saturated carbocycles. The van der Waals surface area contributed by atoms with E-state index < -0.39 is 40.2 Å². The second kappa shape index (κ2) is 14.0. The molecule has 7 nitrogen and oxygen atoms in total. The van der Waals surface area contributed by atoms with E-state index in [4.69, 9.17) is 23.2 Å². The fourth-order valence-electron chi connectivity index (χ4n) is 4.53. The van der Waals surface area contributed by atoms with Gasteiger partial charge in [0.2, 0.25) is 11.8 Å². The summed E-state index contributed by atoms with van der Waals surface area (Å²) in [5.74, 6) is -1.68. The molecule has 11 heteroatoms. The van der Waals surface area contributed by atoms with E-state index in [0.717, 1.165) is 27.6 Å². The smallest absolute Gasteiger partial charge is 0.264 e. The van der Waals surface area contributed by atoms with Gasteiger partial charge in [0.05, 0.1) is 10.6 Å². The van der Waals surface area contributed by atoms with Crippen LogP contribution in [-0.2, 0) is 32.6 Å². The lowest BCUT2D eigenvalue weighted by molar-refractivity contribution is -0.139. The number of aryl methyl sites for hydroxylation is 1. The van der Waals surface area contributed by atoms with Crippen molar-refractivity contribution >= 4 is 50.7 Å². The van der Waals surface area contributed by atoms with Crippen LogP contribution in [0.15, 0.2) is 102 Å². The summed E-state index contributed by atoms with van der Waals surface area (Å²) in [5.41, 5.74) is 2.23. The fraction of sp³-hybridized carbons (Fsp3) is 0.188. The second-order valence-corrected chi connectivity index (χ2v) is 12.6. The highest BCUT2D eigenvalue weighted by Crippen LogP contribution is 2.27. The topological polar surface area (TPSA) is 86.8 Å². The Labute approximate surface area is 260 Å². The van der Waals surface area contributed by atoms with Gasteiger partial charge >= 0.3 is 0 Å². The van der Waals surface area contributed by atoms with E-state index in [2.05, 4.69) is 5.32 Å². The zero-order valence-corrected chi connectivity index (χ0v) is 25.8. The monoisotopic (exact) mass is 641 g/mol. The lowest BCUT2D eigenvalue weighted by Gasteiger charge is -2.33. The van der Waals surface area contributed by atoms with Crippen LogP contribution in [0.3, 0.4) is 0 Å². The van der Waals surface area contributed by atoms with Crippen LogP contribution >= 0.6 is 23.2 Å². The van der Waals surface area contributed by atoms with Gasteiger partial charge in [-0.25, -0.2) is 12.8 Å². The molecule has 224 valence electrons. The number of likely N-dealkylation sites (N-methyl/N-ethyl adjacent to an activating group) is 1. The molecule has 0 aliphatic rings. The van der Waals surface area contributed by atoms with Gasteiger partial charge < -0.3 is 10.2 Å². The van der Waals surface area contributed by atoms with Crippen LogP contribution in [0.4, 0.5) is 10.1 Å². The summed E-state index contributed by atoms with van der Waals surface area (Å²) in [6.45, 7) is 1.04. The van der Waals surface area contributed by atoms with Crippen molar-refractivity contribution in [1.82, 2.24) is 10.2 Å². The van der Waals surface area contributed by atoms with E-state index in [9.17, 15) is 22.4 Å². The summed E-state index contributed by atoms with van der Waals surface area (Å²) in [6.07, 6.45) is 0.152. The van der Waals surface area contributed by atoms with Crippen LogP contribution in [0.5, 0.6) is 0 Å². The van der Waals surface area contributed by atoms with Crippen molar-refractivity contribution in [3.8, 4) is 0 Å². The van der Waals surface area contributed by atoms with Crippen molar-refractivity contribution in [1.29, 1.82) is 0 Å². The first-order valence-corrected chi connectivity index (χ1v) is 15.5. The lowest BCUT2D eigenvalue weighted by Crippen LogP contribution is -2.53. The van der Waals surface area contributed by atoms with Gasteiger partial charge in [-0.3, -0.25) is 13.9 Å². The van der Waals surface area contributed by atoms with E-state index in [0.29, 0.717) is 10.6 Å². The van der Waals surface area contributed by atoms with E-state index >= 15 is 0 Å². The first-order valence-electron chi connectivity index (χ1n) is 13.3. The number of benzene rings is 4. The van der Waals surface area contributed by atoms with Crippen molar-refractivity contribution in [3.63, 3.8) is 0 Å². The average Bonchev–Trinajstić information content (AvgIpc) is 2.99. The zero-order valence-electron chi connectivity index (χ0n) is 23.5. The molecular formula is C32H30Cl2FN3O4S. The van der Waals surface area contributed by atoms with Crippen molar-refractivity contribution in [2.24, 2.45) is 0 Å². The number of amides is 2. The molecule has 43 heavy (non-hydrogen) atoms. The number of nitrogens with zero attached hydrogens (tertiary/aromatic N) is 2. The van der Waals surface area contributed by atoms with Crippen LogP contribution in [0, 0.1) is 12.7 Å². The predicted molar refractivity (Wildman–Crippen MR) is 167 cm³/mol. The van der Waals surface area contributed by atoms with Crippen LogP contribution in [0.1, 0.15) is 16.7 Å². The van der Waals surface area contributed by atoms with Gasteiger partial charge in [0, 0.05) is 30.1 Å². The molecular weight excluding hydrogens is 612 g/mol. The van der Waals surface area contributed by atoms with Crippen LogP contribution in [0.25, 0.3) is 0 Å². The van der Waals surface area contributed by atoms with Gasteiger partial charge in [-0.05, 0) is 66.6 Å². The maximum Gasteiger partial charge on any atom is 0.264 e. The molecule has 0 saturated heterocycles. The molecule has 2 amide bonds. The maximum absolute atomic E-state index is 14.3. The molecule has 0 spiro atoms. The average molecular weight is 643 g/mol. The molecule has 1 N–H and O–H groups in total. The summed E-state index contributed by atoms with van der Waals surface area (Å²) < 4.78 is 42.6. The first-order chi connectivity index (χ1) is 20.5. The quantitative estimate of drug-likeness (QED) is 0.217. The standard InChI is InChI=1S/C32H30Cl2FN3O4S/c1-22-8-16-28(17-9-22)43(41,42)38(27-14-12-26(35)13-15-27)21-31(39)37(20-24-10-11-25(33)19-29(24)34)30(32(40)36-2)18-23-6-4-3-5-7-23/h3-17,19,30H,18,20-21H2,1-2H3,(H,36,40). The predicted octanol–water partition coefficient (Wildman–Crippen LogP) is 6.02. The van der Waals surface area contributed by atoms with Gasteiger partial charge in [0.1, 0.15) is 18.4 Å². The van der Waals surface area contributed by atoms with Crippen molar-refractivity contribution < 1.29 is 22.4 Å². The lowest BCUT2D eigenvalue weighted by atomic mass is 10.0. The molecule has 0 aromatic heterocycles. The molecule has 0 radical (unpaired) electrons. The van der Waals surface area contributed by atoms with Crippen LogP contribution in [0.2, 0.25) is 10.0 Å². The minimum Gasteiger partial charge on any atom is -0.357 e.